The molecule has 4 rings (SSSR count). The first-order chi connectivity index (χ1) is 17.1. The maximum Gasteiger partial charge on any atom is 0.416 e. The van der Waals surface area contributed by atoms with E-state index in [9.17, 15) is 28.0 Å². The topological polar surface area (TPSA) is 121 Å². The van der Waals surface area contributed by atoms with Gasteiger partial charge in [-0.25, -0.2) is 4.98 Å². The third kappa shape index (κ3) is 4.83. The van der Waals surface area contributed by atoms with Gasteiger partial charge in [0, 0.05) is 19.7 Å². The van der Waals surface area contributed by atoms with Crippen molar-refractivity contribution in [2.75, 3.05) is 0 Å². The van der Waals surface area contributed by atoms with Crippen molar-refractivity contribution in [1.82, 2.24) is 28.9 Å². The number of halogens is 3. The molecule has 4 aromatic rings. The standard InChI is InChI=1S/C23H20F3N7O3/c1-3-7-32-18(9-27)29-20-19(22(32)35)33(13-36-14(2)34)21(30-20)16-10-28-31(12-16)11-15-5-4-6-17(8-15)23(24,25)26/h4-6,8,10,12H,3,7,11,13H2,1-2H3. The van der Waals surface area contributed by atoms with Gasteiger partial charge in [0.05, 0.1) is 23.9 Å². The average Bonchev–Trinajstić information content (AvgIpc) is 3.43. The van der Waals surface area contributed by atoms with Crippen molar-refractivity contribution in [1.29, 1.82) is 5.26 Å². The number of carbonyl (C=O) groups excluding carboxylic acids is 1. The number of ether oxygens (including phenoxy) is 1. The van der Waals surface area contributed by atoms with Crippen LogP contribution in [0.15, 0.2) is 41.5 Å². The van der Waals surface area contributed by atoms with Gasteiger partial charge < -0.3 is 4.74 Å². The van der Waals surface area contributed by atoms with Crippen LogP contribution in [0.3, 0.4) is 0 Å². The fourth-order valence-corrected chi connectivity index (χ4v) is 3.73. The quantitative estimate of drug-likeness (QED) is 0.358. The normalized spacial score (nSPS) is 11.6. The van der Waals surface area contributed by atoms with E-state index >= 15 is 0 Å². The second-order valence-electron chi connectivity index (χ2n) is 7.93. The van der Waals surface area contributed by atoms with Crippen LogP contribution in [-0.2, 0) is 35.5 Å². The molecule has 1 aromatic carbocycles. The van der Waals surface area contributed by atoms with E-state index in [1.165, 1.54) is 33.0 Å². The monoisotopic (exact) mass is 499 g/mol. The van der Waals surface area contributed by atoms with E-state index in [1.54, 1.807) is 12.3 Å². The molecule has 0 aliphatic heterocycles. The summed E-state index contributed by atoms with van der Waals surface area (Å²) in [6.45, 7) is 3.03. The van der Waals surface area contributed by atoms with Gasteiger partial charge in [-0.05, 0) is 24.1 Å². The molecule has 0 bridgehead atoms. The van der Waals surface area contributed by atoms with Crippen LogP contribution < -0.4 is 5.56 Å². The predicted molar refractivity (Wildman–Crippen MR) is 120 cm³/mol. The minimum Gasteiger partial charge on any atom is -0.444 e. The Kier molecular flexibility index (Phi) is 6.61. The van der Waals surface area contributed by atoms with E-state index in [0.29, 0.717) is 17.5 Å². The molecule has 0 unspecified atom stereocenters. The Morgan fingerprint density at radius 2 is 2.00 bits per heavy atom. The number of nitrogens with zero attached hydrogens (tertiary/aromatic N) is 7. The summed E-state index contributed by atoms with van der Waals surface area (Å²) in [6.07, 6.45) is -0.918. The second-order valence-corrected chi connectivity index (χ2v) is 7.93. The van der Waals surface area contributed by atoms with Crippen LogP contribution in [0.1, 0.15) is 37.2 Å². The Balaban J connectivity index is 1.78. The molecule has 0 radical (unpaired) electrons. The summed E-state index contributed by atoms with van der Waals surface area (Å²) in [5.74, 6) is -0.485. The minimum absolute atomic E-state index is 0.00307. The summed E-state index contributed by atoms with van der Waals surface area (Å²) < 4.78 is 48.3. The number of esters is 1. The molecule has 3 aromatic heterocycles. The van der Waals surface area contributed by atoms with E-state index in [0.717, 1.165) is 12.1 Å². The molecule has 0 aliphatic rings. The van der Waals surface area contributed by atoms with E-state index in [1.807, 2.05) is 13.0 Å². The number of rotatable bonds is 7. The van der Waals surface area contributed by atoms with Gasteiger partial charge in [0.15, 0.2) is 17.9 Å². The summed E-state index contributed by atoms with van der Waals surface area (Å²) in [5, 5.41) is 13.7. The van der Waals surface area contributed by atoms with Crippen LogP contribution in [0.4, 0.5) is 13.2 Å². The lowest BCUT2D eigenvalue weighted by Crippen LogP contribution is -2.26. The lowest BCUT2D eigenvalue weighted by molar-refractivity contribution is -0.144. The molecule has 36 heavy (non-hydrogen) atoms. The first kappa shape index (κ1) is 24.6. The molecule has 0 N–H and O–H groups in total. The third-order valence-electron chi connectivity index (χ3n) is 5.30. The number of benzene rings is 1. The average molecular weight is 499 g/mol. The Hall–Kier alpha value is -4.47. The molecule has 0 amide bonds. The molecule has 186 valence electrons. The van der Waals surface area contributed by atoms with Crippen LogP contribution >= 0.6 is 0 Å². The van der Waals surface area contributed by atoms with Crippen molar-refractivity contribution < 1.29 is 22.7 Å². The smallest absolute Gasteiger partial charge is 0.416 e. The highest BCUT2D eigenvalue weighted by molar-refractivity contribution is 5.77. The van der Waals surface area contributed by atoms with Crippen molar-refractivity contribution in [2.24, 2.45) is 0 Å². The van der Waals surface area contributed by atoms with Crippen LogP contribution in [-0.4, -0.2) is 34.9 Å². The molecule has 0 spiro atoms. The van der Waals surface area contributed by atoms with Gasteiger partial charge in [-0.1, -0.05) is 19.1 Å². The molecule has 0 aliphatic carbocycles. The van der Waals surface area contributed by atoms with Crippen molar-refractivity contribution in [3.8, 4) is 17.5 Å². The molecule has 3 heterocycles. The number of alkyl halides is 3. The first-order valence-electron chi connectivity index (χ1n) is 10.9. The van der Waals surface area contributed by atoms with Gasteiger partial charge in [-0.2, -0.15) is 28.5 Å². The molecular formula is C23H20F3N7O3. The second kappa shape index (κ2) is 9.65. The molecule has 0 fully saturated rings. The number of carbonyl (C=O) groups is 1. The van der Waals surface area contributed by atoms with E-state index < -0.39 is 23.3 Å². The number of nitriles is 1. The van der Waals surface area contributed by atoms with Crippen molar-refractivity contribution in [3.63, 3.8) is 0 Å². The van der Waals surface area contributed by atoms with Gasteiger partial charge in [0.1, 0.15) is 11.9 Å². The lowest BCUT2D eigenvalue weighted by Gasteiger charge is -2.10. The number of fused-ring (bicyclic) bond motifs is 1. The first-order valence-corrected chi connectivity index (χ1v) is 10.9. The Bertz CT molecular complexity index is 1540. The largest absolute Gasteiger partial charge is 0.444 e. The van der Waals surface area contributed by atoms with Crippen LogP contribution in [0.25, 0.3) is 22.6 Å². The Labute approximate surface area is 202 Å². The molecule has 10 nitrogen and oxygen atoms in total. The summed E-state index contributed by atoms with van der Waals surface area (Å²) in [5.41, 5.74) is -0.442. The molecule has 13 heteroatoms. The van der Waals surface area contributed by atoms with Crippen molar-refractivity contribution in [2.45, 2.75) is 46.3 Å². The van der Waals surface area contributed by atoms with Gasteiger partial charge in [-0.3, -0.25) is 23.4 Å². The maximum atomic E-state index is 13.2. The summed E-state index contributed by atoms with van der Waals surface area (Å²) in [4.78, 5) is 33.3. The highest BCUT2D eigenvalue weighted by atomic mass is 19.4. The molecule has 0 saturated carbocycles. The van der Waals surface area contributed by atoms with E-state index in [4.69, 9.17) is 4.74 Å². The number of aromatic nitrogens is 6. The van der Waals surface area contributed by atoms with Crippen LogP contribution in [0, 0.1) is 11.3 Å². The zero-order valence-electron chi connectivity index (χ0n) is 19.3. The summed E-state index contributed by atoms with van der Waals surface area (Å²) >= 11 is 0. The van der Waals surface area contributed by atoms with Crippen molar-refractivity contribution in [3.05, 3.63) is 64.0 Å². The van der Waals surface area contributed by atoms with Gasteiger partial charge in [0.25, 0.3) is 5.56 Å². The fourth-order valence-electron chi connectivity index (χ4n) is 3.73. The lowest BCUT2D eigenvalue weighted by atomic mass is 10.1. The number of hydrogen-bond donors (Lipinski definition) is 0. The highest BCUT2D eigenvalue weighted by Crippen LogP contribution is 2.30. The Morgan fingerprint density at radius 1 is 1.22 bits per heavy atom. The number of imidazole rings is 1. The highest BCUT2D eigenvalue weighted by Gasteiger charge is 2.30. The zero-order chi connectivity index (χ0) is 26.0. The van der Waals surface area contributed by atoms with Crippen LogP contribution in [0.5, 0.6) is 0 Å². The van der Waals surface area contributed by atoms with Gasteiger partial charge in [-0.15, -0.1) is 0 Å². The van der Waals surface area contributed by atoms with Gasteiger partial charge in [0.2, 0.25) is 5.82 Å². The third-order valence-corrected chi connectivity index (χ3v) is 5.30. The van der Waals surface area contributed by atoms with Gasteiger partial charge >= 0.3 is 12.1 Å². The van der Waals surface area contributed by atoms with Crippen molar-refractivity contribution >= 4 is 17.1 Å². The fraction of sp³-hybridized carbons (Fsp3) is 0.304. The SMILES string of the molecule is CCCn1c(C#N)nc2nc(-c3cnn(Cc4cccc(C(F)(F)F)c4)c3)n(COC(C)=O)c2c1=O. The molecule has 0 saturated heterocycles. The Morgan fingerprint density at radius 3 is 2.67 bits per heavy atom. The molecule has 0 atom stereocenters. The van der Waals surface area contributed by atoms with E-state index in [2.05, 4.69) is 15.1 Å². The van der Waals surface area contributed by atoms with E-state index in [-0.39, 0.29) is 42.6 Å². The number of hydrogen-bond acceptors (Lipinski definition) is 7. The zero-order valence-corrected chi connectivity index (χ0v) is 19.3. The minimum atomic E-state index is -4.47. The van der Waals surface area contributed by atoms with Crippen LogP contribution in [0.2, 0.25) is 0 Å². The predicted octanol–water partition coefficient (Wildman–Crippen LogP) is 3.33. The summed E-state index contributed by atoms with van der Waals surface area (Å²) in [7, 11) is 0. The summed E-state index contributed by atoms with van der Waals surface area (Å²) in [6, 6.07) is 6.80. The molecular weight excluding hydrogens is 479 g/mol. The maximum absolute atomic E-state index is 13.2.